The van der Waals surface area contributed by atoms with Gasteiger partial charge in [0.25, 0.3) is 0 Å². The molecule has 1 aliphatic rings. The van der Waals surface area contributed by atoms with Crippen LogP contribution >= 0.6 is 0 Å². The van der Waals surface area contributed by atoms with Crippen molar-refractivity contribution >= 4 is 5.90 Å². The molecule has 13 heavy (non-hydrogen) atoms. The Morgan fingerprint density at radius 1 is 1.23 bits per heavy atom. The van der Waals surface area contributed by atoms with Crippen LogP contribution in [0.1, 0.15) is 33.6 Å². The van der Waals surface area contributed by atoms with Crippen LogP contribution in [-0.2, 0) is 4.74 Å². The van der Waals surface area contributed by atoms with Crippen molar-refractivity contribution in [3.8, 4) is 0 Å². The van der Waals surface area contributed by atoms with Crippen molar-refractivity contribution in [1.82, 2.24) is 0 Å². The van der Waals surface area contributed by atoms with Crippen molar-refractivity contribution in [2.45, 2.75) is 33.6 Å². The minimum absolute atomic E-state index is 0.717. The van der Waals surface area contributed by atoms with Gasteiger partial charge >= 0.3 is 0 Å². The number of nitrogens with zero attached hydrogens (tertiary/aromatic N) is 1. The second kappa shape index (κ2) is 4.26. The fourth-order valence-corrected chi connectivity index (χ4v) is 1.25. The van der Waals surface area contributed by atoms with Gasteiger partial charge in [0.05, 0.1) is 7.11 Å². The van der Waals surface area contributed by atoms with E-state index in [1.54, 1.807) is 7.11 Å². The van der Waals surface area contributed by atoms with Crippen molar-refractivity contribution in [2.75, 3.05) is 7.11 Å². The molecule has 1 heterocycles. The fourth-order valence-electron chi connectivity index (χ4n) is 1.25. The first-order valence-electron chi connectivity index (χ1n) is 4.59. The summed E-state index contributed by atoms with van der Waals surface area (Å²) in [5, 5.41) is 0. The number of methoxy groups -OCH3 is 1. The molecule has 0 aromatic rings. The quantitative estimate of drug-likeness (QED) is 0.560. The molecule has 0 amide bonds. The van der Waals surface area contributed by atoms with Crippen molar-refractivity contribution in [1.29, 1.82) is 0 Å². The maximum atomic E-state index is 5.16. The van der Waals surface area contributed by atoms with Gasteiger partial charge in [0.2, 0.25) is 5.90 Å². The van der Waals surface area contributed by atoms with Crippen LogP contribution in [0.3, 0.4) is 0 Å². The molecule has 0 aromatic heterocycles. The zero-order valence-corrected chi connectivity index (χ0v) is 8.85. The van der Waals surface area contributed by atoms with E-state index in [1.165, 1.54) is 11.1 Å². The average molecular weight is 179 g/mol. The minimum atomic E-state index is 0.717. The largest absolute Gasteiger partial charge is 0.481 e. The third kappa shape index (κ3) is 2.72. The van der Waals surface area contributed by atoms with E-state index in [0.717, 1.165) is 18.5 Å². The molecule has 0 radical (unpaired) electrons. The predicted octanol–water partition coefficient (Wildman–Crippen LogP) is 3.07. The Labute approximate surface area is 80.0 Å². The smallest absolute Gasteiger partial charge is 0.213 e. The van der Waals surface area contributed by atoms with Crippen LogP contribution in [0.25, 0.3) is 0 Å². The first-order valence-corrected chi connectivity index (χ1v) is 4.59. The van der Waals surface area contributed by atoms with E-state index in [4.69, 9.17) is 4.74 Å². The molecule has 72 valence electrons. The minimum Gasteiger partial charge on any atom is -0.481 e. The summed E-state index contributed by atoms with van der Waals surface area (Å²) in [4.78, 5) is 4.38. The lowest BCUT2D eigenvalue weighted by Crippen LogP contribution is -2.01. The molecule has 0 unspecified atom stereocenters. The summed E-state index contributed by atoms with van der Waals surface area (Å²) >= 11 is 0. The van der Waals surface area contributed by atoms with Crippen LogP contribution in [0.4, 0.5) is 0 Å². The van der Waals surface area contributed by atoms with Crippen molar-refractivity contribution in [3.63, 3.8) is 0 Å². The summed E-state index contributed by atoms with van der Waals surface area (Å²) in [6.07, 6.45) is 4.22. The van der Waals surface area contributed by atoms with Gasteiger partial charge in [0.1, 0.15) is 0 Å². The van der Waals surface area contributed by atoms with E-state index < -0.39 is 0 Å². The second-order valence-corrected chi connectivity index (χ2v) is 3.51. The van der Waals surface area contributed by atoms with Gasteiger partial charge in [-0.1, -0.05) is 11.1 Å². The zero-order chi connectivity index (χ0) is 9.84. The molecule has 1 rings (SSSR count). The predicted molar refractivity (Wildman–Crippen MR) is 55.8 cm³/mol. The van der Waals surface area contributed by atoms with Gasteiger partial charge in [-0.25, -0.2) is 4.99 Å². The van der Waals surface area contributed by atoms with Gasteiger partial charge in [-0.2, -0.15) is 0 Å². The van der Waals surface area contributed by atoms with Crippen LogP contribution in [-0.4, -0.2) is 13.0 Å². The maximum Gasteiger partial charge on any atom is 0.213 e. The van der Waals surface area contributed by atoms with E-state index in [1.807, 2.05) is 13.0 Å². The Hall–Kier alpha value is -1.05. The molecule has 0 spiro atoms. The summed E-state index contributed by atoms with van der Waals surface area (Å²) in [7, 11) is 1.66. The number of aliphatic imine (C=N–C) groups is 1. The molecule has 2 heteroatoms. The summed E-state index contributed by atoms with van der Waals surface area (Å²) in [5.74, 6) is 0.717. The topological polar surface area (TPSA) is 21.6 Å². The van der Waals surface area contributed by atoms with Crippen LogP contribution < -0.4 is 0 Å². The van der Waals surface area contributed by atoms with Crippen molar-refractivity contribution in [3.05, 3.63) is 22.9 Å². The second-order valence-electron chi connectivity index (χ2n) is 3.51. The Balaban J connectivity index is 3.01. The first-order chi connectivity index (χ1) is 6.13. The van der Waals surface area contributed by atoms with E-state index in [2.05, 4.69) is 18.8 Å². The van der Waals surface area contributed by atoms with E-state index in [0.29, 0.717) is 5.90 Å². The maximum absolute atomic E-state index is 5.16. The van der Waals surface area contributed by atoms with E-state index in [9.17, 15) is 0 Å². The highest BCUT2D eigenvalue weighted by molar-refractivity contribution is 5.89. The van der Waals surface area contributed by atoms with Crippen molar-refractivity contribution in [2.24, 2.45) is 4.99 Å². The fraction of sp³-hybridized carbons (Fsp3) is 0.545. The lowest BCUT2D eigenvalue weighted by atomic mass is 10.0. The molecule has 0 N–H and O–H groups in total. The van der Waals surface area contributed by atoms with Crippen LogP contribution in [0.2, 0.25) is 0 Å². The average Bonchev–Trinajstić information content (AvgIpc) is 2.11. The van der Waals surface area contributed by atoms with Gasteiger partial charge in [-0.05, 0) is 39.7 Å². The highest BCUT2D eigenvalue weighted by Gasteiger charge is 2.04. The van der Waals surface area contributed by atoms with Gasteiger partial charge in [-0.3, -0.25) is 0 Å². The molecular weight excluding hydrogens is 162 g/mol. The molecule has 0 bridgehead atoms. The van der Waals surface area contributed by atoms with Crippen LogP contribution in [0.15, 0.2) is 27.9 Å². The lowest BCUT2D eigenvalue weighted by Gasteiger charge is -2.10. The summed E-state index contributed by atoms with van der Waals surface area (Å²) in [5.41, 5.74) is 3.76. The van der Waals surface area contributed by atoms with Gasteiger partial charge in [0, 0.05) is 5.70 Å². The molecule has 0 fully saturated rings. The number of rotatable bonds is 0. The molecular formula is C11H17NO. The van der Waals surface area contributed by atoms with Crippen LogP contribution in [0, 0.1) is 0 Å². The molecule has 0 aliphatic carbocycles. The van der Waals surface area contributed by atoms with E-state index in [-0.39, 0.29) is 0 Å². The first kappa shape index (κ1) is 10.0. The van der Waals surface area contributed by atoms with Crippen LogP contribution in [0.5, 0.6) is 0 Å². The molecule has 0 saturated heterocycles. The zero-order valence-electron chi connectivity index (χ0n) is 8.85. The molecule has 2 nitrogen and oxygen atoms in total. The van der Waals surface area contributed by atoms with E-state index >= 15 is 0 Å². The summed E-state index contributed by atoms with van der Waals surface area (Å²) in [6, 6.07) is 0. The Morgan fingerprint density at radius 3 is 2.54 bits per heavy atom. The van der Waals surface area contributed by atoms with Gasteiger partial charge in [-0.15, -0.1) is 0 Å². The summed E-state index contributed by atoms with van der Waals surface area (Å²) < 4.78 is 5.16. The number of hydrogen-bond donors (Lipinski definition) is 0. The normalized spacial score (nSPS) is 32.3. The Kier molecular flexibility index (Phi) is 3.29. The highest BCUT2D eigenvalue weighted by Crippen LogP contribution is 2.18. The standard InChI is InChI=1S/C11H17NO/c1-8-5-6-9(2)10(3)12-11(7-8)13-4/h7H,5-6H2,1-4H3/b8-7-,10-9-,12-11+. The van der Waals surface area contributed by atoms with Crippen molar-refractivity contribution < 1.29 is 4.74 Å². The number of ether oxygens (including phenoxy) is 1. The molecule has 1 aliphatic heterocycles. The Morgan fingerprint density at radius 2 is 1.92 bits per heavy atom. The highest BCUT2D eigenvalue weighted by atomic mass is 16.5. The molecule has 0 saturated carbocycles. The summed E-state index contributed by atoms with van der Waals surface area (Å²) in [6.45, 7) is 6.27. The van der Waals surface area contributed by atoms with Gasteiger partial charge < -0.3 is 4.74 Å². The number of hydrogen-bond acceptors (Lipinski definition) is 2. The van der Waals surface area contributed by atoms with Gasteiger partial charge in [0.15, 0.2) is 0 Å². The third-order valence-electron chi connectivity index (χ3n) is 2.37. The lowest BCUT2D eigenvalue weighted by molar-refractivity contribution is 0.405. The SMILES string of the molecule is COC1=N/C(C)=C(/C)CC/C(C)=C\1. The Bertz CT molecular complexity index is 284. The molecule has 0 aromatic carbocycles. The monoisotopic (exact) mass is 179 g/mol. The number of allylic oxidation sites excluding steroid dienone is 3. The molecule has 0 atom stereocenters. The third-order valence-corrected chi connectivity index (χ3v) is 2.37.